The number of carbonyl (C=O) groups excluding carboxylic acids is 1. The number of benzene rings is 2. The Morgan fingerprint density at radius 1 is 1.11 bits per heavy atom. The van der Waals surface area contributed by atoms with E-state index in [0.29, 0.717) is 12.2 Å². The van der Waals surface area contributed by atoms with E-state index in [1.165, 1.54) is 0 Å². The number of rotatable bonds is 4. The van der Waals surface area contributed by atoms with Gasteiger partial charge in [0.1, 0.15) is 5.75 Å². The minimum atomic E-state index is -0.317. The normalized spacial score (nSPS) is 10.0. The standard InChI is InChI=1S/C16H16O3/c1-3-19-16(17)13-9-10-15(18-2)14(11-13)12-7-5-4-6-8-12/h4-11H,3H2,1-2H3. The van der Waals surface area contributed by atoms with Gasteiger partial charge in [-0.15, -0.1) is 0 Å². The minimum Gasteiger partial charge on any atom is -0.496 e. The van der Waals surface area contributed by atoms with Gasteiger partial charge in [0.25, 0.3) is 0 Å². The first kappa shape index (κ1) is 13.1. The van der Waals surface area contributed by atoms with Crippen molar-refractivity contribution in [3.63, 3.8) is 0 Å². The van der Waals surface area contributed by atoms with Crippen molar-refractivity contribution in [2.75, 3.05) is 13.7 Å². The molecule has 3 heteroatoms. The zero-order valence-electron chi connectivity index (χ0n) is 11.1. The second-order valence-electron chi connectivity index (χ2n) is 4.00. The van der Waals surface area contributed by atoms with Crippen LogP contribution in [-0.2, 0) is 4.74 Å². The molecular formula is C16H16O3. The monoisotopic (exact) mass is 256 g/mol. The average Bonchev–Trinajstić information content (AvgIpc) is 2.47. The molecule has 0 atom stereocenters. The molecule has 2 aromatic carbocycles. The lowest BCUT2D eigenvalue weighted by Crippen LogP contribution is -2.05. The van der Waals surface area contributed by atoms with Crippen LogP contribution >= 0.6 is 0 Å². The van der Waals surface area contributed by atoms with Crippen LogP contribution in [0.4, 0.5) is 0 Å². The zero-order valence-corrected chi connectivity index (χ0v) is 11.1. The van der Waals surface area contributed by atoms with Gasteiger partial charge in [-0.1, -0.05) is 30.3 Å². The quantitative estimate of drug-likeness (QED) is 0.785. The maximum absolute atomic E-state index is 11.8. The van der Waals surface area contributed by atoms with Crippen LogP contribution in [0.2, 0.25) is 0 Å². The molecule has 0 heterocycles. The van der Waals surface area contributed by atoms with Gasteiger partial charge in [-0.3, -0.25) is 0 Å². The van der Waals surface area contributed by atoms with Gasteiger partial charge >= 0.3 is 5.97 Å². The summed E-state index contributed by atoms with van der Waals surface area (Å²) < 4.78 is 10.4. The van der Waals surface area contributed by atoms with Gasteiger partial charge in [-0.2, -0.15) is 0 Å². The highest BCUT2D eigenvalue weighted by Gasteiger charge is 2.12. The first-order valence-electron chi connectivity index (χ1n) is 6.17. The van der Waals surface area contributed by atoms with Crippen LogP contribution < -0.4 is 4.74 Å². The number of hydrogen-bond acceptors (Lipinski definition) is 3. The third kappa shape index (κ3) is 2.94. The molecule has 3 nitrogen and oxygen atoms in total. The Balaban J connectivity index is 2.46. The molecule has 0 spiro atoms. The van der Waals surface area contributed by atoms with E-state index in [-0.39, 0.29) is 5.97 Å². The van der Waals surface area contributed by atoms with Crippen molar-refractivity contribution in [3.05, 3.63) is 54.1 Å². The third-order valence-corrected chi connectivity index (χ3v) is 2.80. The molecule has 98 valence electrons. The highest BCUT2D eigenvalue weighted by atomic mass is 16.5. The molecule has 0 aliphatic heterocycles. The van der Waals surface area contributed by atoms with E-state index in [0.717, 1.165) is 16.9 Å². The Hall–Kier alpha value is -2.29. The smallest absolute Gasteiger partial charge is 0.338 e. The van der Waals surface area contributed by atoms with E-state index in [2.05, 4.69) is 0 Å². The Bertz CT molecular complexity index is 561. The molecule has 0 amide bonds. The largest absolute Gasteiger partial charge is 0.496 e. The molecule has 0 aliphatic carbocycles. The van der Waals surface area contributed by atoms with E-state index in [4.69, 9.17) is 9.47 Å². The highest BCUT2D eigenvalue weighted by Crippen LogP contribution is 2.30. The van der Waals surface area contributed by atoms with E-state index in [9.17, 15) is 4.79 Å². The van der Waals surface area contributed by atoms with Gasteiger partial charge in [0.2, 0.25) is 0 Å². The Morgan fingerprint density at radius 2 is 1.84 bits per heavy atom. The highest BCUT2D eigenvalue weighted by molar-refractivity contribution is 5.92. The van der Waals surface area contributed by atoms with Crippen LogP contribution in [0.5, 0.6) is 5.75 Å². The zero-order chi connectivity index (χ0) is 13.7. The van der Waals surface area contributed by atoms with Crippen molar-refractivity contribution in [2.24, 2.45) is 0 Å². The summed E-state index contributed by atoms with van der Waals surface area (Å²) in [7, 11) is 1.62. The summed E-state index contributed by atoms with van der Waals surface area (Å²) in [5.41, 5.74) is 2.42. The predicted octanol–water partition coefficient (Wildman–Crippen LogP) is 3.54. The molecule has 0 radical (unpaired) electrons. The lowest BCUT2D eigenvalue weighted by molar-refractivity contribution is 0.0526. The summed E-state index contributed by atoms with van der Waals surface area (Å²) in [6, 6.07) is 15.1. The lowest BCUT2D eigenvalue weighted by atomic mass is 10.0. The fourth-order valence-electron chi connectivity index (χ4n) is 1.89. The molecule has 0 N–H and O–H groups in total. The summed E-state index contributed by atoms with van der Waals surface area (Å²) in [5, 5.41) is 0. The molecule has 2 rings (SSSR count). The fraction of sp³-hybridized carbons (Fsp3) is 0.188. The Kier molecular flexibility index (Phi) is 4.18. The third-order valence-electron chi connectivity index (χ3n) is 2.80. The number of carbonyl (C=O) groups is 1. The van der Waals surface area contributed by atoms with Crippen LogP contribution in [0, 0.1) is 0 Å². The van der Waals surface area contributed by atoms with E-state index in [1.807, 2.05) is 30.3 Å². The Labute approximate surface area is 112 Å². The van der Waals surface area contributed by atoms with Crippen molar-refractivity contribution >= 4 is 5.97 Å². The molecule has 0 fully saturated rings. The van der Waals surface area contributed by atoms with E-state index < -0.39 is 0 Å². The molecule has 0 saturated heterocycles. The fourth-order valence-corrected chi connectivity index (χ4v) is 1.89. The van der Waals surface area contributed by atoms with Crippen LogP contribution in [-0.4, -0.2) is 19.7 Å². The second-order valence-corrected chi connectivity index (χ2v) is 4.00. The van der Waals surface area contributed by atoms with Crippen LogP contribution in [0.3, 0.4) is 0 Å². The first-order chi connectivity index (χ1) is 9.26. The number of methoxy groups -OCH3 is 1. The molecule has 0 saturated carbocycles. The molecule has 0 aromatic heterocycles. The van der Waals surface area contributed by atoms with Crippen molar-refractivity contribution in [2.45, 2.75) is 6.92 Å². The number of hydrogen-bond donors (Lipinski definition) is 0. The molecule has 0 aliphatic rings. The van der Waals surface area contributed by atoms with Gasteiger partial charge < -0.3 is 9.47 Å². The summed E-state index contributed by atoms with van der Waals surface area (Å²) >= 11 is 0. The maximum Gasteiger partial charge on any atom is 0.338 e. The SMILES string of the molecule is CCOC(=O)c1ccc(OC)c(-c2ccccc2)c1. The second kappa shape index (κ2) is 6.05. The maximum atomic E-state index is 11.8. The van der Waals surface area contributed by atoms with E-state index >= 15 is 0 Å². The van der Waals surface area contributed by atoms with Crippen molar-refractivity contribution in [1.29, 1.82) is 0 Å². The summed E-state index contributed by atoms with van der Waals surface area (Å²) in [6.07, 6.45) is 0. The molecule has 2 aromatic rings. The lowest BCUT2D eigenvalue weighted by Gasteiger charge is -2.10. The number of ether oxygens (including phenoxy) is 2. The van der Waals surface area contributed by atoms with Gasteiger partial charge in [0.05, 0.1) is 19.3 Å². The average molecular weight is 256 g/mol. The van der Waals surface area contributed by atoms with Gasteiger partial charge in [-0.25, -0.2) is 4.79 Å². The van der Waals surface area contributed by atoms with E-state index in [1.54, 1.807) is 32.2 Å². The Morgan fingerprint density at radius 3 is 2.47 bits per heavy atom. The van der Waals surface area contributed by atoms with Crippen LogP contribution in [0.15, 0.2) is 48.5 Å². The van der Waals surface area contributed by atoms with Crippen molar-refractivity contribution < 1.29 is 14.3 Å². The van der Waals surface area contributed by atoms with Crippen LogP contribution in [0.25, 0.3) is 11.1 Å². The summed E-state index contributed by atoms with van der Waals surface area (Å²) in [5.74, 6) is 0.418. The van der Waals surface area contributed by atoms with Crippen LogP contribution in [0.1, 0.15) is 17.3 Å². The van der Waals surface area contributed by atoms with Crippen molar-refractivity contribution in [3.8, 4) is 16.9 Å². The molecule has 0 unspecified atom stereocenters. The minimum absolute atomic E-state index is 0.317. The summed E-state index contributed by atoms with van der Waals surface area (Å²) in [4.78, 5) is 11.8. The molecule has 0 bridgehead atoms. The number of esters is 1. The topological polar surface area (TPSA) is 35.5 Å². The molecule has 19 heavy (non-hydrogen) atoms. The molecular weight excluding hydrogens is 240 g/mol. The van der Waals surface area contributed by atoms with Gasteiger partial charge in [0.15, 0.2) is 0 Å². The predicted molar refractivity (Wildman–Crippen MR) is 74.4 cm³/mol. The van der Waals surface area contributed by atoms with Crippen molar-refractivity contribution in [1.82, 2.24) is 0 Å². The van der Waals surface area contributed by atoms with Gasteiger partial charge in [-0.05, 0) is 30.7 Å². The summed E-state index contributed by atoms with van der Waals surface area (Å²) in [6.45, 7) is 2.16. The van der Waals surface area contributed by atoms with Gasteiger partial charge in [0, 0.05) is 5.56 Å². The first-order valence-corrected chi connectivity index (χ1v) is 6.17.